The zero-order valence-corrected chi connectivity index (χ0v) is 18.6. The summed E-state index contributed by atoms with van der Waals surface area (Å²) in [5.74, 6) is -4.18. The number of rotatable bonds is 8. The summed E-state index contributed by atoms with van der Waals surface area (Å²) in [5.41, 5.74) is 0.352. The third-order valence-corrected chi connectivity index (χ3v) is 5.25. The molecule has 0 aliphatic carbocycles. The van der Waals surface area contributed by atoms with Crippen molar-refractivity contribution >= 4 is 11.9 Å². The van der Waals surface area contributed by atoms with Crippen molar-refractivity contribution in [2.75, 3.05) is 20.8 Å². The number of aliphatic hydroxyl groups excluding tert-OH is 1. The van der Waals surface area contributed by atoms with Gasteiger partial charge < -0.3 is 29.4 Å². The smallest absolute Gasteiger partial charge is 0.453 e. The number of alkyl halides is 3. The summed E-state index contributed by atoms with van der Waals surface area (Å²) >= 11 is 0. The van der Waals surface area contributed by atoms with E-state index in [-0.39, 0.29) is 24.1 Å². The highest BCUT2D eigenvalue weighted by Crippen LogP contribution is 2.41. The van der Waals surface area contributed by atoms with Gasteiger partial charge in [-0.15, -0.1) is 0 Å². The number of halogens is 3. The SMILES string of the molecule is COC(=O)C1(C(=O)OC)Oc2ccc(CC(C)NCC(O)c3ccc(C(F)(F)F)cc3)cc2O1. The molecule has 2 aromatic carbocycles. The molecule has 8 nitrogen and oxygen atoms in total. The van der Waals surface area contributed by atoms with Gasteiger partial charge in [-0.05, 0) is 48.7 Å². The molecule has 1 heterocycles. The zero-order chi connectivity index (χ0) is 25.1. The number of benzene rings is 2. The molecule has 0 aromatic heterocycles. The van der Waals surface area contributed by atoms with Gasteiger partial charge in [0, 0.05) is 12.6 Å². The van der Waals surface area contributed by atoms with Crippen LogP contribution in [0.2, 0.25) is 0 Å². The van der Waals surface area contributed by atoms with Gasteiger partial charge >= 0.3 is 23.9 Å². The molecule has 0 saturated carbocycles. The van der Waals surface area contributed by atoms with Crippen molar-refractivity contribution in [3.05, 3.63) is 59.2 Å². The first kappa shape index (κ1) is 25.3. The van der Waals surface area contributed by atoms with Crippen molar-refractivity contribution in [3.8, 4) is 11.5 Å². The molecule has 1 aliphatic rings. The highest BCUT2D eigenvalue weighted by molar-refractivity contribution is 6.03. The lowest BCUT2D eigenvalue weighted by molar-refractivity contribution is -0.199. The van der Waals surface area contributed by atoms with Crippen molar-refractivity contribution < 1.29 is 46.8 Å². The first-order valence-corrected chi connectivity index (χ1v) is 10.3. The van der Waals surface area contributed by atoms with Gasteiger partial charge in [-0.1, -0.05) is 18.2 Å². The Hall–Kier alpha value is -3.31. The number of hydrogen-bond acceptors (Lipinski definition) is 8. The van der Waals surface area contributed by atoms with Crippen molar-refractivity contribution in [3.63, 3.8) is 0 Å². The minimum atomic E-state index is -4.44. The second kappa shape index (κ2) is 9.90. The number of carbonyl (C=O) groups excluding carboxylic acids is 2. The first-order chi connectivity index (χ1) is 16.0. The number of methoxy groups -OCH3 is 2. The predicted octanol–water partition coefficient (Wildman–Crippen LogP) is 2.77. The summed E-state index contributed by atoms with van der Waals surface area (Å²) in [7, 11) is 2.17. The number of carbonyl (C=O) groups is 2. The van der Waals surface area contributed by atoms with Gasteiger partial charge in [0.1, 0.15) is 0 Å². The average Bonchev–Trinajstić information content (AvgIpc) is 3.21. The molecule has 0 bridgehead atoms. The molecule has 1 aliphatic heterocycles. The van der Waals surface area contributed by atoms with Gasteiger partial charge in [0.15, 0.2) is 11.5 Å². The van der Waals surface area contributed by atoms with Crippen molar-refractivity contribution in [2.45, 2.75) is 37.5 Å². The molecule has 34 heavy (non-hydrogen) atoms. The number of nitrogens with one attached hydrogen (secondary N) is 1. The van der Waals surface area contributed by atoms with Crippen LogP contribution in [0.5, 0.6) is 11.5 Å². The van der Waals surface area contributed by atoms with Crippen molar-refractivity contribution in [1.29, 1.82) is 0 Å². The van der Waals surface area contributed by atoms with Crippen molar-refractivity contribution in [2.24, 2.45) is 0 Å². The Balaban J connectivity index is 1.60. The van der Waals surface area contributed by atoms with Crippen LogP contribution in [0.1, 0.15) is 29.7 Å². The number of hydrogen-bond donors (Lipinski definition) is 2. The maximum Gasteiger partial charge on any atom is 0.453 e. The van der Waals surface area contributed by atoms with E-state index in [0.29, 0.717) is 12.0 Å². The number of ether oxygens (including phenoxy) is 4. The fourth-order valence-corrected chi connectivity index (χ4v) is 3.44. The Morgan fingerprint density at radius 1 is 1.03 bits per heavy atom. The Morgan fingerprint density at radius 2 is 1.62 bits per heavy atom. The predicted molar refractivity (Wildman–Crippen MR) is 112 cm³/mol. The highest BCUT2D eigenvalue weighted by atomic mass is 19.4. The molecule has 3 rings (SSSR count). The second-order valence-electron chi connectivity index (χ2n) is 7.73. The fraction of sp³-hybridized carbons (Fsp3) is 0.391. The quantitative estimate of drug-likeness (QED) is 0.437. The summed E-state index contributed by atoms with van der Waals surface area (Å²) in [6.45, 7) is 1.97. The van der Waals surface area contributed by atoms with Gasteiger partial charge in [0.2, 0.25) is 0 Å². The van der Waals surface area contributed by atoms with Crippen LogP contribution in [0.15, 0.2) is 42.5 Å². The van der Waals surface area contributed by atoms with Crippen LogP contribution < -0.4 is 14.8 Å². The Labute approximate surface area is 193 Å². The standard InChI is InChI=1S/C23H24F3NO7/c1-13(27-12-17(28)15-5-7-16(8-6-15)23(24,25)26)10-14-4-9-18-19(11-14)34-22(33-18,20(29)31-2)21(30)32-3/h4-9,11,13,17,27-28H,10,12H2,1-3H3. The van der Waals surface area contributed by atoms with E-state index in [1.165, 1.54) is 12.1 Å². The molecule has 2 aromatic rings. The summed E-state index contributed by atoms with van der Waals surface area (Å²) in [5, 5.41) is 13.4. The maximum absolute atomic E-state index is 12.7. The Kier molecular flexibility index (Phi) is 7.37. The van der Waals surface area contributed by atoms with E-state index in [1.54, 1.807) is 18.2 Å². The van der Waals surface area contributed by atoms with Crippen LogP contribution in [0.3, 0.4) is 0 Å². The molecule has 184 valence electrons. The van der Waals surface area contributed by atoms with E-state index in [9.17, 15) is 27.9 Å². The minimum Gasteiger partial charge on any atom is -0.463 e. The third kappa shape index (κ3) is 5.26. The van der Waals surface area contributed by atoms with Crippen LogP contribution in [0.25, 0.3) is 0 Å². The lowest BCUT2D eigenvalue weighted by atomic mass is 10.0. The topological polar surface area (TPSA) is 103 Å². The van der Waals surface area contributed by atoms with E-state index in [1.807, 2.05) is 6.92 Å². The van der Waals surface area contributed by atoms with E-state index in [2.05, 4.69) is 14.8 Å². The molecule has 2 atom stereocenters. The average molecular weight is 483 g/mol. The number of fused-ring (bicyclic) bond motifs is 1. The first-order valence-electron chi connectivity index (χ1n) is 10.3. The number of aliphatic hydroxyl groups is 1. The van der Waals surface area contributed by atoms with Crippen LogP contribution in [-0.2, 0) is 31.7 Å². The molecular weight excluding hydrogens is 459 g/mol. The number of esters is 2. The summed E-state index contributed by atoms with van der Waals surface area (Å²) < 4.78 is 58.2. The molecule has 11 heteroatoms. The summed E-state index contributed by atoms with van der Waals surface area (Å²) in [6.07, 6.45) is -4.96. The second-order valence-corrected chi connectivity index (χ2v) is 7.73. The molecule has 0 amide bonds. The van der Waals surface area contributed by atoms with E-state index in [4.69, 9.17) is 9.47 Å². The maximum atomic E-state index is 12.7. The van der Waals surface area contributed by atoms with Crippen LogP contribution in [0.4, 0.5) is 13.2 Å². The van der Waals surface area contributed by atoms with Crippen LogP contribution in [0, 0.1) is 0 Å². The van der Waals surface area contributed by atoms with Crippen molar-refractivity contribution in [1.82, 2.24) is 5.32 Å². The lowest BCUT2D eigenvalue weighted by Gasteiger charge is -2.21. The lowest BCUT2D eigenvalue weighted by Crippen LogP contribution is -2.55. The monoisotopic (exact) mass is 483 g/mol. The molecular formula is C23H24F3NO7. The molecule has 2 N–H and O–H groups in total. The van der Waals surface area contributed by atoms with Gasteiger partial charge in [-0.2, -0.15) is 13.2 Å². The fourth-order valence-electron chi connectivity index (χ4n) is 3.44. The Morgan fingerprint density at radius 3 is 2.18 bits per heavy atom. The normalized spacial score (nSPS) is 16.0. The van der Waals surface area contributed by atoms with Crippen LogP contribution >= 0.6 is 0 Å². The van der Waals surface area contributed by atoms with Gasteiger partial charge in [0.05, 0.1) is 25.9 Å². The van der Waals surface area contributed by atoms with Gasteiger partial charge in [0.25, 0.3) is 0 Å². The molecule has 0 spiro atoms. The molecule has 0 fully saturated rings. The van der Waals surface area contributed by atoms with Gasteiger partial charge in [-0.3, -0.25) is 0 Å². The Bertz CT molecular complexity index is 1020. The van der Waals surface area contributed by atoms with E-state index in [0.717, 1.165) is 31.9 Å². The van der Waals surface area contributed by atoms with E-state index >= 15 is 0 Å². The largest absolute Gasteiger partial charge is 0.463 e. The summed E-state index contributed by atoms with van der Waals surface area (Å²) in [6, 6.07) is 9.07. The summed E-state index contributed by atoms with van der Waals surface area (Å²) in [4.78, 5) is 24.3. The van der Waals surface area contributed by atoms with Crippen LogP contribution in [-0.4, -0.2) is 49.6 Å². The third-order valence-electron chi connectivity index (χ3n) is 5.25. The van der Waals surface area contributed by atoms with Gasteiger partial charge in [-0.25, -0.2) is 9.59 Å². The molecule has 0 radical (unpaired) electrons. The van der Waals surface area contributed by atoms with E-state index < -0.39 is 35.6 Å². The molecule has 2 unspecified atom stereocenters. The minimum absolute atomic E-state index is 0.116. The zero-order valence-electron chi connectivity index (χ0n) is 18.6. The molecule has 0 saturated heterocycles. The highest BCUT2D eigenvalue weighted by Gasteiger charge is 2.59.